The van der Waals surface area contributed by atoms with Crippen molar-refractivity contribution in [2.75, 3.05) is 6.61 Å². The van der Waals surface area contributed by atoms with E-state index >= 15 is 0 Å². The first-order valence-corrected chi connectivity index (χ1v) is 7.83. The van der Waals surface area contributed by atoms with Gasteiger partial charge in [-0.05, 0) is 36.5 Å². The lowest BCUT2D eigenvalue weighted by Crippen LogP contribution is -2.28. The maximum absolute atomic E-state index is 11.7. The Labute approximate surface area is 139 Å². The Bertz CT molecular complexity index is 587. The van der Waals surface area contributed by atoms with Crippen LogP contribution in [0.4, 0.5) is 0 Å². The molecule has 1 aliphatic rings. The Kier molecular flexibility index (Phi) is 6.28. The van der Waals surface area contributed by atoms with Gasteiger partial charge in [-0.15, -0.1) is 0 Å². The van der Waals surface area contributed by atoms with Gasteiger partial charge in [-0.1, -0.05) is 41.4 Å². The average molecular weight is 342 g/mol. The molecule has 0 saturated heterocycles. The third-order valence-electron chi connectivity index (χ3n) is 3.40. The molecule has 1 aromatic carbocycles. The van der Waals surface area contributed by atoms with Crippen LogP contribution >= 0.6 is 23.2 Å². The second-order valence-electron chi connectivity index (χ2n) is 5.14. The number of rotatable bonds is 6. The van der Waals surface area contributed by atoms with Crippen LogP contribution in [0.5, 0.6) is 0 Å². The molecule has 2 rings (SSSR count). The van der Waals surface area contributed by atoms with Gasteiger partial charge < -0.3 is 10.1 Å². The number of allylic oxidation sites excluding steroid dienone is 2. The van der Waals surface area contributed by atoms with Crippen molar-refractivity contribution in [2.45, 2.75) is 25.8 Å². The van der Waals surface area contributed by atoms with Crippen molar-refractivity contribution in [3.05, 3.63) is 46.0 Å². The third kappa shape index (κ3) is 5.35. The van der Waals surface area contributed by atoms with Crippen molar-refractivity contribution < 1.29 is 14.3 Å². The smallest absolute Gasteiger partial charge is 0.306 e. The molecule has 0 radical (unpaired) electrons. The van der Waals surface area contributed by atoms with Gasteiger partial charge in [-0.2, -0.15) is 0 Å². The fourth-order valence-electron chi connectivity index (χ4n) is 2.19. The minimum atomic E-state index is -0.360. The SMILES string of the molecule is O=C(COC(=O)C[C@@H]1C=CCC1)NCc1ccc(Cl)cc1Cl. The molecule has 22 heavy (non-hydrogen) atoms. The molecule has 1 atom stereocenters. The summed E-state index contributed by atoms with van der Waals surface area (Å²) in [7, 11) is 0. The van der Waals surface area contributed by atoms with Crippen LogP contribution in [0.25, 0.3) is 0 Å². The minimum absolute atomic E-state index is 0.239. The molecule has 4 nitrogen and oxygen atoms in total. The molecule has 6 heteroatoms. The summed E-state index contributed by atoms with van der Waals surface area (Å²) in [4.78, 5) is 23.3. The summed E-state index contributed by atoms with van der Waals surface area (Å²) >= 11 is 11.8. The Morgan fingerprint density at radius 3 is 2.82 bits per heavy atom. The van der Waals surface area contributed by atoms with Gasteiger partial charge in [0.05, 0.1) is 6.42 Å². The molecule has 1 N–H and O–H groups in total. The zero-order valence-electron chi connectivity index (χ0n) is 12.0. The summed E-state index contributed by atoms with van der Waals surface area (Å²) in [6, 6.07) is 5.05. The highest BCUT2D eigenvalue weighted by molar-refractivity contribution is 6.35. The number of nitrogens with one attached hydrogen (secondary N) is 1. The molecule has 118 valence electrons. The lowest BCUT2D eigenvalue weighted by molar-refractivity contribution is -0.149. The van der Waals surface area contributed by atoms with Crippen LogP contribution in [-0.4, -0.2) is 18.5 Å². The van der Waals surface area contributed by atoms with Gasteiger partial charge in [0, 0.05) is 16.6 Å². The lowest BCUT2D eigenvalue weighted by atomic mass is 10.1. The highest BCUT2D eigenvalue weighted by atomic mass is 35.5. The van der Waals surface area contributed by atoms with Gasteiger partial charge in [0.25, 0.3) is 5.91 Å². The summed E-state index contributed by atoms with van der Waals surface area (Å²) in [6.45, 7) is -0.0156. The molecule has 0 bridgehead atoms. The number of amides is 1. The van der Waals surface area contributed by atoms with Gasteiger partial charge >= 0.3 is 5.97 Å². The quantitative estimate of drug-likeness (QED) is 0.636. The van der Waals surface area contributed by atoms with Crippen LogP contribution in [0.1, 0.15) is 24.8 Å². The molecule has 0 saturated carbocycles. The van der Waals surface area contributed by atoms with Crippen molar-refractivity contribution in [1.29, 1.82) is 0 Å². The van der Waals surface area contributed by atoms with Crippen LogP contribution in [0.15, 0.2) is 30.4 Å². The first-order chi connectivity index (χ1) is 10.5. The first kappa shape index (κ1) is 16.8. The van der Waals surface area contributed by atoms with Crippen LogP contribution < -0.4 is 5.32 Å². The van der Waals surface area contributed by atoms with E-state index in [1.54, 1.807) is 18.2 Å². The highest BCUT2D eigenvalue weighted by Gasteiger charge is 2.16. The van der Waals surface area contributed by atoms with Crippen LogP contribution in [0.3, 0.4) is 0 Å². The summed E-state index contributed by atoms with van der Waals surface area (Å²) < 4.78 is 4.96. The lowest BCUT2D eigenvalue weighted by Gasteiger charge is -2.09. The summed E-state index contributed by atoms with van der Waals surface area (Å²) in [5, 5.41) is 3.67. The molecular weight excluding hydrogens is 325 g/mol. The molecule has 0 aliphatic heterocycles. The van der Waals surface area contributed by atoms with E-state index in [-0.39, 0.29) is 30.9 Å². The molecule has 0 fully saturated rings. The fraction of sp³-hybridized carbons (Fsp3) is 0.375. The fourth-order valence-corrected chi connectivity index (χ4v) is 2.67. The van der Waals surface area contributed by atoms with E-state index in [1.165, 1.54) is 0 Å². The zero-order chi connectivity index (χ0) is 15.9. The maximum atomic E-state index is 11.7. The molecule has 0 unspecified atom stereocenters. The predicted molar refractivity (Wildman–Crippen MR) is 85.7 cm³/mol. The Morgan fingerprint density at radius 2 is 2.14 bits per heavy atom. The van der Waals surface area contributed by atoms with Gasteiger partial charge in [-0.3, -0.25) is 9.59 Å². The third-order valence-corrected chi connectivity index (χ3v) is 3.98. The van der Waals surface area contributed by atoms with E-state index in [0.717, 1.165) is 18.4 Å². The largest absolute Gasteiger partial charge is 0.456 e. The standard InChI is InChI=1S/C16H17Cl2NO3/c17-13-6-5-12(14(18)8-13)9-19-15(20)10-22-16(21)7-11-3-1-2-4-11/h1,3,5-6,8,11H,2,4,7,9-10H2,(H,19,20)/t11-/m1/s1. The highest BCUT2D eigenvalue weighted by Crippen LogP contribution is 2.21. The number of ether oxygens (including phenoxy) is 1. The summed E-state index contributed by atoms with van der Waals surface area (Å²) in [5.41, 5.74) is 0.752. The zero-order valence-corrected chi connectivity index (χ0v) is 13.5. The van der Waals surface area contributed by atoms with Crippen molar-refractivity contribution in [1.82, 2.24) is 5.32 Å². The topological polar surface area (TPSA) is 55.4 Å². The van der Waals surface area contributed by atoms with Crippen LogP contribution in [0, 0.1) is 5.92 Å². The van der Waals surface area contributed by atoms with Crippen molar-refractivity contribution in [3.8, 4) is 0 Å². The molecule has 0 spiro atoms. The molecule has 0 aromatic heterocycles. The monoisotopic (exact) mass is 341 g/mol. The minimum Gasteiger partial charge on any atom is -0.456 e. The number of halogens is 2. The van der Waals surface area contributed by atoms with E-state index in [0.29, 0.717) is 16.5 Å². The number of benzene rings is 1. The Hall–Kier alpha value is -1.52. The summed E-state index contributed by atoms with van der Waals surface area (Å²) in [5.74, 6) is -0.471. The molecule has 1 aromatic rings. The average Bonchev–Trinajstić information content (AvgIpc) is 2.97. The predicted octanol–water partition coefficient (Wildman–Crippen LogP) is 3.51. The van der Waals surface area contributed by atoms with Gasteiger partial charge in [0.15, 0.2) is 6.61 Å². The van der Waals surface area contributed by atoms with Crippen molar-refractivity contribution in [3.63, 3.8) is 0 Å². The Morgan fingerprint density at radius 1 is 1.32 bits per heavy atom. The van der Waals surface area contributed by atoms with E-state index in [9.17, 15) is 9.59 Å². The number of esters is 1. The summed E-state index contributed by atoms with van der Waals surface area (Å²) in [6.07, 6.45) is 6.37. The van der Waals surface area contributed by atoms with E-state index < -0.39 is 0 Å². The molecular formula is C16H17Cl2NO3. The van der Waals surface area contributed by atoms with Gasteiger partial charge in [-0.25, -0.2) is 0 Å². The molecule has 1 aliphatic carbocycles. The molecule has 1 amide bonds. The van der Waals surface area contributed by atoms with E-state index in [1.807, 2.05) is 6.08 Å². The number of carbonyl (C=O) groups excluding carboxylic acids is 2. The second-order valence-corrected chi connectivity index (χ2v) is 5.99. The first-order valence-electron chi connectivity index (χ1n) is 7.07. The van der Waals surface area contributed by atoms with Crippen LogP contribution in [-0.2, 0) is 20.9 Å². The van der Waals surface area contributed by atoms with Crippen molar-refractivity contribution >= 4 is 35.1 Å². The van der Waals surface area contributed by atoms with Crippen LogP contribution in [0.2, 0.25) is 10.0 Å². The van der Waals surface area contributed by atoms with E-state index in [4.69, 9.17) is 27.9 Å². The number of hydrogen-bond acceptors (Lipinski definition) is 3. The number of hydrogen-bond donors (Lipinski definition) is 1. The van der Waals surface area contributed by atoms with Gasteiger partial charge in [0.2, 0.25) is 0 Å². The van der Waals surface area contributed by atoms with E-state index in [2.05, 4.69) is 11.4 Å². The normalized spacial score (nSPS) is 16.5. The second kappa shape index (κ2) is 8.20. The van der Waals surface area contributed by atoms with Gasteiger partial charge in [0.1, 0.15) is 0 Å². The number of carbonyl (C=O) groups is 2. The molecule has 0 heterocycles. The Balaban J connectivity index is 1.69. The van der Waals surface area contributed by atoms with Crippen molar-refractivity contribution in [2.24, 2.45) is 5.92 Å². The maximum Gasteiger partial charge on any atom is 0.306 e.